The Morgan fingerprint density at radius 3 is 2.37 bits per heavy atom. The summed E-state index contributed by atoms with van der Waals surface area (Å²) < 4.78 is 98.8. The maximum Gasteiger partial charge on any atom is 0.431 e. The molecule has 4 rings (SSSR count). The Kier molecular flexibility index (Phi) is 8.30. The van der Waals surface area contributed by atoms with E-state index >= 15 is 0 Å². The van der Waals surface area contributed by atoms with Gasteiger partial charge in [0.15, 0.2) is 12.4 Å². The summed E-state index contributed by atoms with van der Waals surface area (Å²) in [5.41, 5.74) is -2.98. The van der Waals surface area contributed by atoms with E-state index in [1.807, 2.05) is 0 Å². The number of piperidine rings is 1. The number of pyridine rings is 1. The number of fused-ring (bicyclic) bond motifs is 1. The molecule has 0 unspecified atom stereocenters. The molecule has 0 aliphatic carbocycles. The summed E-state index contributed by atoms with van der Waals surface area (Å²) in [5.74, 6) is -0.502. The van der Waals surface area contributed by atoms with E-state index in [0.29, 0.717) is 19.4 Å². The molecule has 224 valence electrons. The molecule has 1 amide bonds. The van der Waals surface area contributed by atoms with Crippen LogP contribution in [0.1, 0.15) is 44.9 Å². The molecule has 0 radical (unpaired) electrons. The number of benzene rings is 1. The van der Waals surface area contributed by atoms with Crippen LogP contribution in [0.25, 0.3) is 16.8 Å². The van der Waals surface area contributed by atoms with Crippen LogP contribution in [0.15, 0.2) is 30.3 Å². The van der Waals surface area contributed by atoms with Crippen LogP contribution in [-0.4, -0.2) is 64.2 Å². The minimum Gasteiger partial charge on any atom is -0.467 e. The molecular formula is C26H29F6N5O4. The van der Waals surface area contributed by atoms with E-state index in [1.54, 1.807) is 20.8 Å². The zero-order valence-corrected chi connectivity index (χ0v) is 22.7. The molecule has 9 nitrogen and oxygen atoms in total. The van der Waals surface area contributed by atoms with Crippen LogP contribution in [0.4, 0.5) is 37.1 Å². The third kappa shape index (κ3) is 6.94. The highest BCUT2D eigenvalue weighted by atomic mass is 19.4. The first-order valence-electron chi connectivity index (χ1n) is 12.6. The lowest BCUT2D eigenvalue weighted by Crippen LogP contribution is -2.47. The lowest BCUT2D eigenvalue weighted by atomic mass is 10.0. The predicted octanol–water partition coefficient (Wildman–Crippen LogP) is 6.23. The van der Waals surface area contributed by atoms with Gasteiger partial charge in [-0.15, -0.1) is 10.2 Å². The number of nitrogens with one attached hydrogen (secondary N) is 1. The smallest absolute Gasteiger partial charge is 0.431 e. The first-order valence-corrected chi connectivity index (χ1v) is 12.6. The Balaban J connectivity index is 1.75. The van der Waals surface area contributed by atoms with Crippen LogP contribution >= 0.6 is 0 Å². The molecule has 1 atom stereocenters. The van der Waals surface area contributed by atoms with Crippen molar-refractivity contribution in [2.75, 3.05) is 32.3 Å². The lowest BCUT2D eigenvalue weighted by Gasteiger charge is -2.34. The number of carbonyl (C=O) groups excluding carboxylic acids is 1. The topological polar surface area (TPSA) is 90.2 Å². The Hall–Kier alpha value is -3.75. The zero-order valence-electron chi connectivity index (χ0n) is 22.7. The van der Waals surface area contributed by atoms with Crippen LogP contribution in [0.5, 0.6) is 5.75 Å². The maximum atomic E-state index is 14.1. The van der Waals surface area contributed by atoms with Crippen molar-refractivity contribution in [2.24, 2.45) is 0 Å². The van der Waals surface area contributed by atoms with Crippen molar-refractivity contribution in [3.8, 4) is 16.9 Å². The second-order valence-corrected chi connectivity index (χ2v) is 10.5. The molecule has 1 aromatic carbocycles. The first-order chi connectivity index (χ1) is 19.1. The molecule has 1 saturated heterocycles. The van der Waals surface area contributed by atoms with Gasteiger partial charge in [-0.1, -0.05) is 0 Å². The number of hydrogen-bond acceptors (Lipinski definition) is 7. The normalized spacial score (nSPS) is 16.6. The van der Waals surface area contributed by atoms with E-state index in [9.17, 15) is 31.1 Å². The van der Waals surface area contributed by atoms with E-state index in [2.05, 4.69) is 15.5 Å². The molecule has 0 spiro atoms. The maximum absolute atomic E-state index is 14.1. The van der Waals surface area contributed by atoms with Gasteiger partial charge < -0.3 is 24.4 Å². The van der Waals surface area contributed by atoms with Gasteiger partial charge >= 0.3 is 18.4 Å². The number of aromatic nitrogens is 3. The fourth-order valence-corrected chi connectivity index (χ4v) is 4.46. The van der Waals surface area contributed by atoms with Crippen molar-refractivity contribution >= 4 is 17.7 Å². The van der Waals surface area contributed by atoms with Gasteiger partial charge in [0.05, 0.1) is 5.56 Å². The van der Waals surface area contributed by atoms with E-state index < -0.39 is 48.1 Å². The summed E-state index contributed by atoms with van der Waals surface area (Å²) in [5, 5.41) is 10.9. The van der Waals surface area contributed by atoms with Gasteiger partial charge in [-0.05, 0) is 63.9 Å². The van der Waals surface area contributed by atoms with Gasteiger partial charge in [0.25, 0.3) is 0 Å². The SMILES string of the molecule is COCOc1cc(C(F)(F)F)ccc1-c1ccc(C(F)(F)F)n2c(N[C@@H]3CCCN(C(=O)OC(C)(C)C)C3)nnc12. The molecule has 15 heteroatoms. The molecule has 3 heterocycles. The van der Waals surface area contributed by atoms with E-state index in [4.69, 9.17) is 14.2 Å². The minimum absolute atomic E-state index is 0.0532. The van der Waals surface area contributed by atoms with Crippen molar-refractivity contribution in [1.82, 2.24) is 19.5 Å². The van der Waals surface area contributed by atoms with Gasteiger partial charge in [-0.2, -0.15) is 26.3 Å². The third-order valence-corrected chi connectivity index (χ3v) is 6.18. The largest absolute Gasteiger partial charge is 0.467 e. The molecule has 0 bridgehead atoms. The van der Waals surface area contributed by atoms with Gasteiger partial charge in [-0.25, -0.2) is 4.79 Å². The molecular weight excluding hydrogens is 560 g/mol. The fraction of sp³-hybridized carbons (Fsp3) is 0.500. The number of methoxy groups -OCH3 is 1. The summed E-state index contributed by atoms with van der Waals surface area (Å²) in [6, 6.07) is 4.06. The van der Waals surface area contributed by atoms with Crippen molar-refractivity contribution in [1.29, 1.82) is 0 Å². The Bertz CT molecular complexity index is 1400. The quantitative estimate of drug-likeness (QED) is 0.269. The predicted molar refractivity (Wildman–Crippen MR) is 135 cm³/mol. The molecule has 1 N–H and O–H groups in total. The van der Waals surface area contributed by atoms with Gasteiger partial charge in [0, 0.05) is 37.4 Å². The number of halogens is 6. The zero-order chi connectivity index (χ0) is 30.2. The third-order valence-electron chi connectivity index (χ3n) is 6.18. The van der Waals surface area contributed by atoms with Crippen molar-refractivity contribution in [2.45, 2.75) is 57.6 Å². The first kappa shape index (κ1) is 30.2. The molecule has 41 heavy (non-hydrogen) atoms. The Morgan fingerprint density at radius 2 is 1.73 bits per heavy atom. The highest BCUT2D eigenvalue weighted by Gasteiger charge is 2.37. The summed E-state index contributed by atoms with van der Waals surface area (Å²) in [7, 11) is 1.27. The Labute approximate surface area is 231 Å². The number of amides is 1. The van der Waals surface area contributed by atoms with Crippen LogP contribution in [0, 0.1) is 0 Å². The molecule has 2 aromatic heterocycles. The average Bonchev–Trinajstić information content (AvgIpc) is 3.28. The van der Waals surface area contributed by atoms with Crippen molar-refractivity contribution in [3.05, 3.63) is 41.6 Å². The second-order valence-electron chi connectivity index (χ2n) is 10.5. The van der Waals surface area contributed by atoms with Gasteiger partial charge in [0.2, 0.25) is 5.95 Å². The minimum atomic E-state index is -4.82. The number of nitrogens with zero attached hydrogens (tertiary/aromatic N) is 4. The van der Waals surface area contributed by atoms with Crippen LogP contribution in [0.3, 0.4) is 0 Å². The number of rotatable bonds is 6. The highest BCUT2D eigenvalue weighted by molar-refractivity contribution is 5.83. The summed E-state index contributed by atoms with van der Waals surface area (Å²) in [4.78, 5) is 14.0. The molecule has 1 fully saturated rings. The number of anilines is 1. The Morgan fingerprint density at radius 1 is 1.02 bits per heavy atom. The van der Waals surface area contributed by atoms with Crippen LogP contribution < -0.4 is 10.1 Å². The average molecular weight is 590 g/mol. The number of likely N-dealkylation sites (tertiary alicyclic amines) is 1. The van der Waals surface area contributed by atoms with E-state index in [0.717, 1.165) is 34.7 Å². The second kappa shape index (κ2) is 11.3. The van der Waals surface area contributed by atoms with Crippen molar-refractivity contribution < 1.29 is 45.3 Å². The molecule has 1 aliphatic heterocycles. The van der Waals surface area contributed by atoms with Crippen LogP contribution in [0.2, 0.25) is 0 Å². The van der Waals surface area contributed by atoms with Gasteiger partial charge in [0.1, 0.15) is 17.0 Å². The number of alkyl halides is 6. The highest BCUT2D eigenvalue weighted by Crippen LogP contribution is 2.41. The number of carbonyl (C=O) groups is 1. The molecule has 0 saturated carbocycles. The molecule has 1 aliphatic rings. The van der Waals surface area contributed by atoms with Crippen molar-refractivity contribution in [3.63, 3.8) is 0 Å². The monoisotopic (exact) mass is 589 g/mol. The van der Waals surface area contributed by atoms with E-state index in [1.165, 1.54) is 12.0 Å². The summed E-state index contributed by atoms with van der Waals surface area (Å²) in [6.45, 7) is 5.35. The lowest BCUT2D eigenvalue weighted by molar-refractivity contribution is -0.142. The van der Waals surface area contributed by atoms with E-state index in [-0.39, 0.29) is 35.0 Å². The van der Waals surface area contributed by atoms with Crippen LogP contribution in [-0.2, 0) is 21.8 Å². The number of hydrogen-bond donors (Lipinski definition) is 1. The molecule has 3 aromatic rings. The summed E-state index contributed by atoms with van der Waals surface area (Å²) >= 11 is 0. The van der Waals surface area contributed by atoms with Gasteiger partial charge in [-0.3, -0.25) is 4.40 Å². The number of ether oxygens (including phenoxy) is 3. The summed E-state index contributed by atoms with van der Waals surface area (Å²) in [6.07, 6.45) is -8.95. The fourth-order valence-electron chi connectivity index (χ4n) is 4.46. The standard InChI is InChI=1S/C26H29F6N5O4/c1-24(2,3)41-23(38)36-11-5-6-16(13-36)33-22-35-34-21-18(9-10-20(37(21)22)26(30,31)32)17-8-7-15(25(27,28)29)12-19(17)40-14-39-4/h7-10,12,16H,5-6,11,13-14H2,1-4H3,(H,33,35)/t16-/m1/s1.